The second-order valence-electron chi connectivity index (χ2n) is 6.78. The zero-order chi connectivity index (χ0) is 16.6. The first-order valence-electron chi connectivity index (χ1n) is 8.16. The van der Waals surface area contributed by atoms with Crippen LogP contribution in [-0.4, -0.2) is 56.0 Å². The van der Waals surface area contributed by atoms with Crippen LogP contribution in [0, 0.1) is 0 Å². The van der Waals surface area contributed by atoms with Gasteiger partial charge in [0.1, 0.15) is 0 Å². The van der Waals surface area contributed by atoms with E-state index in [0.717, 1.165) is 18.4 Å². The Morgan fingerprint density at radius 1 is 1.22 bits per heavy atom. The Morgan fingerprint density at radius 2 is 1.96 bits per heavy atom. The SMILES string of the molecule is CN(C)N(C(=O)Cc1ccc2c(c1)CCC2)C1CCS(=O)(=O)C1. The Labute approximate surface area is 138 Å². The molecule has 1 heterocycles. The standard InChI is InChI=1S/C17H24N2O3S/c1-18(2)19(16-8-9-23(21,22)12-16)17(20)11-13-6-7-14-4-3-5-15(14)10-13/h6-7,10,16H,3-5,8-9,11-12H2,1-2H3. The van der Waals surface area contributed by atoms with Gasteiger partial charge in [0.25, 0.3) is 0 Å². The van der Waals surface area contributed by atoms with Gasteiger partial charge >= 0.3 is 0 Å². The normalized spacial score (nSPS) is 22.3. The number of benzene rings is 1. The van der Waals surface area contributed by atoms with Gasteiger partial charge in [-0.3, -0.25) is 9.80 Å². The molecule has 0 N–H and O–H groups in total. The maximum absolute atomic E-state index is 12.7. The third kappa shape index (κ3) is 3.58. The highest BCUT2D eigenvalue weighted by Gasteiger charge is 2.35. The second-order valence-corrected chi connectivity index (χ2v) is 9.00. The molecule has 1 aliphatic heterocycles. The number of rotatable bonds is 4. The molecule has 0 aromatic heterocycles. The van der Waals surface area contributed by atoms with Crippen LogP contribution in [0.1, 0.15) is 29.5 Å². The first kappa shape index (κ1) is 16.5. The number of amides is 1. The smallest absolute Gasteiger partial charge is 0.241 e. The van der Waals surface area contributed by atoms with Crippen LogP contribution in [0.2, 0.25) is 0 Å². The van der Waals surface area contributed by atoms with Crippen molar-refractivity contribution in [2.45, 2.75) is 38.1 Å². The molecule has 2 aliphatic rings. The predicted octanol–water partition coefficient (Wildman–Crippen LogP) is 1.21. The minimum atomic E-state index is -3.01. The van der Waals surface area contributed by atoms with E-state index >= 15 is 0 Å². The van der Waals surface area contributed by atoms with E-state index in [1.165, 1.54) is 17.5 Å². The molecule has 1 atom stereocenters. The number of fused-ring (bicyclic) bond motifs is 1. The zero-order valence-electron chi connectivity index (χ0n) is 13.8. The number of carbonyl (C=O) groups is 1. The summed E-state index contributed by atoms with van der Waals surface area (Å²) in [5, 5.41) is 3.35. The van der Waals surface area contributed by atoms with Crippen LogP contribution < -0.4 is 0 Å². The third-order valence-electron chi connectivity index (χ3n) is 4.76. The Kier molecular flexibility index (Phi) is 4.47. The van der Waals surface area contributed by atoms with E-state index in [1.807, 2.05) is 6.07 Å². The molecule has 126 valence electrons. The second kappa shape index (κ2) is 6.24. The van der Waals surface area contributed by atoms with Crippen LogP contribution in [0.4, 0.5) is 0 Å². The molecule has 1 fully saturated rings. The molecule has 3 rings (SSSR count). The molecule has 5 nitrogen and oxygen atoms in total. The van der Waals surface area contributed by atoms with Gasteiger partial charge in [0, 0.05) is 14.1 Å². The summed E-state index contributed by atoms with van der Waals surface area (Å²) in [5.74, 6) is 0.213. The molecule has 1 saturated heterocycles. The first-order valence-corrected chi connectivity index (χ1v) is 9.98. The van der Waals surface area contributed by atoms with Crippen molar-refractivity contribution in [2.75, 3.05) is 25.6 Å². The van der Waals surface area contributed by atoms with Gasteiger partial charge in [-0.15, -0.1) is 0 Å². The lowest BCUT2D eigenvalue weighted by molar-refractivity contribution is -0.148. The molecular weight excluding hydrogens is 312 g/mol. The fourth-order valence-corrected chi connectivity index (χ4v) is 5.40. The highest BCUT2D eigenvalue weighted by Crippen LogP contribution is 2.24. The van der Waals surface area contributed by atoms with Gasteiger partial charge in [0.15, 0.2) is 9.84 Å². The van der Waals surface area contributed by atoms with E-state index in [9.17, 15) is 13.2 Å². The summed E-state index contributed by atoms with van der Waals surface area (Å²) >= 11 is 0. The fraction of sp³-hybridized carbons (Fsp3) is 0.588. The molecular formula is C17H24N2O3S. The molecule has 1 amide bonds. The van der Waals surface area contributed by atoms with Crippen molar-refractivity contribution in [1.29, 1.82) is 0 Å². The van der Waals surface area contributed by atoms with Crippen LogP contribution in [0.15, 0.2) is 18.2 Å². The first-order chi connectivity index (χ1) is 10.9. The van der Waals surface area contributed by atoms with Crippen molar-refractivity contribution < 1.29 is 13.2 Å². The molecule has 1 aromatic rings. The molecule has 23 heavy (non-hydrogen) atoms. The monoisotopic (exact) mass is 336 g/mol. The van der Waals surface area contributed by atoms with Crippen molar-refractivity contribution in [3.05, 3.63) is 34.9 Å². The van der Waals surface area contributed by atoms with Crippen molar-refractivity contribution in [3.63, 3.8) is 0 Å². The van der Waals surface area contributed by atoms with Gasteiger partial charge in [-0.05, 0) is 42.4 Å². The van der Waals surface area contributed by atoms with Crippen LogP contribution in [0.3, 0.4) is 0 Å². The van der Waals surface area contributed by atoms with E-state index in [2.05, 4.69) is 12.1 Å². The van der Waals surface area contributed by atoms with E-state index in [0.29, 0.717) is 12.8 Å². The van der Waals surface area contributed by atoms with Gasteiger partial charge in [0.05, 0.1) is 24.0 Å². The lowest BCUT2D eigenvalue weighted by Gasteiger charge is -2.33. The van der Waals surface area contributed by atoms with Gasteiger partial charge in [-0.1, -0.05) is 18.2 Å². The highest BCUT2D eigenvalue weighted by atomic mass is 32.2. The number of carbonyl (C=O) groups excluding carboxylic acids is 1. The van der Waals surface area contributed by atoms with Gasteiger partial charge < -0.3 is 0 Å². The highest BCUT2D eigenvalue weighted by molar-refractivity contribution is 7.91. The molecule has 1 aliphatic carbocycles. The maximum atomic E-state index is 12.7. The average Bonchev–Trinajstić information content (AvgIpc) is 3.04. The average molecular weight is 336 g/mol. The maximum Gasteiger partial charge on any atom is 0.241 e. The number of aryl methyl sites for hydroxylation is 2. The Morgan fingerprint density at radius 3 is 2.61 bits per heavy atom. The summed E-state index contributed by atoms with van der Waals surface area (Å²) < 4.78 is 23.4. The minimum absolute atomic E-state index is 0.0324. The summed E-state index contributed by atoms with van der Waals surface area (Å²) in [6, 6.07) is 6.06. The topological polar surface area (TPSA) is 57.7 Å². The molecule has 6 heteroatoms. The Balaban J connectivity index is 1.74. The van der Waals surface area contributed by atoms with Crippen LogP contribution in [0.5, 0.6) is 0 Å². The van der Waals surface area contributed by atoms with E-state index in [1.54, 1.807) is 24.1 Å². The van der Waals surface area contributed by atoms with Crippen molar-refractivity contribution in [3.8, 4) is 0 Å². The Bertz CT molecular complexity index is 713. The van der Waals surface area contributed by atoms with Crippen LogP contribution in [0.25, 0.3) is 0 Å². The summed E-state index contributed by atoms with van der Waals surface area (Å²) in [4.78, 5) is 12.7. The lowest BCUT2D eigenvalue weighted by atomic mass is 10.0. The van der Waals surface area contributed by atoms with Crippen LogP contribution in [-0.2, 0) is 33.9 Å². The third-order valence-corrected chi connectivity index (χ3v) is 6.51. The number of hydrogen-bond acceptors (Lipinski definition) is 4. The lowest BCUT2D eigenvalue weighted by Crippen LogP contribution is -2.49. The quantitative estimate of drug-likeness (QED) is 0.776. The summed E-state index contributed by atoms with van der Waals surface area (Å²) in [6.07, 6.45) is 4.26. The van der Waals surface area contributed by atoms with Crippen molar-refractivity contribution in [1.82, 2.24) is 10.0 Å². The number of hydrogen-bond donors (Lipinski definition) is 0. The molecule has 0 radical (unpaired) electrons. The van der Waals surface area contributed by atoms with Gasteiger partial charge in [0.2, 0.25) is 5.91 Å². The summed E-state index contributed by atoms with van der Waals surface area (Å²) in [6.45, 7) is 0. The van der Waals surface area contributed by atoms with Gasteiger partial charge in [-0.2, -0.15) is 0 Å². The zero-order valence-corrected chi connectivity index (χ0v) is 14.6. The van der Waals surface area contributed by atoms with E-state index in [4.69, 9.17) is 0 Å². The fourth-order valence-electron chi connectivity index (χ4n) is 3.71. The van der Waals surface area contributed by atoms with E-state index in [-0.39, 0.29) is 23.5 Å². The Hall–Kier alpha value is -1.40. The largest absolute Gasteiger partial charge is 0.273 e. The van der Waals surface area contributed by atoms with Crippen molar-refractivity contribution >= 4 is 15.7 Å². The van der Waals surface area contributed by atoms with Crippen molar-refractivity contribution in [2.24, 2.45) is 0 Å². The summed E-state index contributed by atoms with van der Waals surface area (Å²) in [7, 11) is 0.585. The number of nitrogens with zero attached hydrogens (tertiary/aromatic N) is 2. The number of hydrazine groups is 1. The molecule has 1 aromatic carbocycles. The molecule has 0 spiro atoms. The predicted molar refractivity (Wildman–Crippen MR) is 89.8 cm³/mol. The molecule has 0 bridgehead atoms. The van der Waals surface area contributed by atoms with E-state index < -0.39 is 9.84 Å². The molecule has 0 saturated carbocycles. The number of sulfone groups is 1. The minimum Gasteiger partial charge on any atom is -0.273 e. The molecule has 1 unspecified atom stereocenters. The van der Waals surface area contributed by atoms with Gasteiger partial charge in [-0.25, -0.2) is 13.4 Å². The summed E-state index contributed by atoms with van der Waals surface area (Å²) in [5.41, 5.74) is 3.77. The van der Waals surface area contributed by atoms with Crippen LogP contribution >= 0.6 is 0 Å².